The van der Waals surface area contributed by atoms with Crippen molar-refractivity contribution in [2.45, 2.75) is 105 Å². The smallest absolute Gasteiger partial charge is 0.000116 e. The van der Waals surface area contributed by atoms with Crippen LogP contribution in [0.3, 0.4) is 0 Å². The van der Waals surface area contributed by atoms with Gasteiger partial charge in [0.25, 0.3) is 0 Å². The van der Waals surface area contributed by atoms with Crippen molar-refractivity contribution in [1.82, 2.24) is 0 Å². The minimum absolute atomic E-state index is 0.147. The first kappa shape index (κ1) is 64.6. The maximum absolute atomic E-state index is 2.60. The molecule has 0 saturated heterocycles. The first-order valence-corrected chi connectivity index (χ1v) is 37.3. The number of hydrogen-bond donors (Lipinski definition) is 0. The maximum atomic E-state index is 2.60. The highest BCUT2D eigenvalue weighted by Gasteiger charge is 2.32. The highest BCUT2D eigenvalue weighted by Crippen LogP contribution is 2.55. The molecular weight excluding hydrogens is 1250 g/mol. The molecule has 0 fully saturated rings. The summed E-state index contributed by atoms with van der Waals surface area (Å²) in [7, 11) is 0. The Morgan fingerprint density at radius 1 is 0.163 bits per heavy atom. The molecule has 0 atom stereocenters. The van der Waals surface area contributed by atoms with Gasteiger partial charge in [-0.05, 0) is 247 Å². The minimum atomic E-state index is -0.147. The summed E-state index contributed by atoms with van der Waals surface area (Å²) in [6, 6.07) is 117. The zero-order valence-corrected chi connectivity index (χ0v) is 61.9. The van der Waals surface area contributed by atoms with Gasteiger partial charge in [-0.15, -0.1) is 0 Å². The van der Waals surface area contributed by atoms with Crippen molar-refractivity contribution >= 4 is 43.1 Å². The van der Waals surface area contributed by atoms with E-state index in [2.05, 4.69) is 386 Å². The third kappa shape index (κ3) is 10.5. The van der Waals surface area contributed by atoms with Crippen molar-refractivity contribution in [3.05, 3.63) is 367 Å². The van der Waals surface area contributed by atoms with Crippen molar-refractivity contribution < 1.29 is 0 Å². The molecule has 0 spiro atoms. The first-order valence-electron chi connectivity index (χ1n) is 37.3. The SMILES string of the molecule is CC(C)(C)c1cc(-c2c3c(c(-c4cc(C(C)(C)C)cc(C(C)(C)C)c4)c4cc(-c5ccccc5)c(-c5ccccc5)cc24)=c2ccc4c5c(ccc=3c25)=c2c(-c3ccccc3)c3c(-c5ccccc5)c5ccc(-c6ccccc6)cc5c(-c5ccccc5)c3c(-c3ccccc3)c2=4)cc(C(C)(C)C)c1. The van der Waals surface area contributed by atoms with Crippen molar-refractivity contribution in [2.75, 3.05) is 0 Å². The third-order valence-corrected chi connectivity index (χ3v) is 22.7. The average molecular weight is 1340 g/mol. The molecule has 0 heteroatoms. The molecule has 0 nitrogen and oxygen atoms in total. The Morgan fingerprint density at radius 2 is 0.423 bits per heavy atom. The summed E-state index contributed by atoms with van der Waals surface area (Å²) >= 11 is 0. The fraction of sp³-hybridized carbons (Fsp3) is 0.154. The van der Waals surface area contributed by atoms with E-state index in [9.17, 15) is 0 Å². The van der Waals surface area contributed by atoms with E-state index in [1.165, 1.54) is 207 Å². The van der Waals surface area contributed by atoms with Crippen molar-refractivity contribution in [2.24, 2.45) is 0 Å². The topological polar surface area (TPSA) is 0 Å². The van der Waals surface area contributed by atoms with Gasteiger partial charge in [0.15, 0.2) is 0 Å². The molecule has 2 aliphatic rings. The Hall–Kier alpha value is -11.4. The average Bonchev–Trinajstić information content (AvgIpc) is 1.48. The molecule has 0 radical (unpaired) electrons. The Balaban J connectivity index is 1.16. The summed E-state index contributed by atoms with van der Waals surface area (Å²) in [6.45, 7) is 28.7. The van der Waals surface area contributed by atoms with Crippen LogP contribution in [-0.2, 0) is 21.7 Å². The second-order valence-electron chi connectivity index (χ2n) is 33.4. The van der Waals surface area contributed by atoms with E-state index < -0.39 is 0 Å². The predicted molar refractivity (Wildman–Crippen MR) is 444 cm³/mol. The zero-order chi connectivity index (χ0) is 71.3. The van der Waals surface area contributed by atoms with Crippen LogP contribution >= 0.6 is 0 Å². The molecule has 0 saturated carbocycles. The standard InChI is InChI=1S/C104H86/c1-101(2,3)73-54-71(55-74(59-73)102(4,5)6)89-85-61-82(64-36-22-14-23-37-64)83(65-38-24-15-25-39-65)62-86(85)90(72-56-75(103(7,8)9)60-76(57-72)104(10,11)12)96-79-51-53-81-94-80(52-50-78(93(79)94)95(89)96)97-91(68-44-30-18-31-45-68)99-87(66-40-26-16-27-41-66)77-49-48-70(63-34-20-13-21-35-63)58-84(77)88(67-42-28-17-29-43-67)100(99)92(98(81)97)69-46-32-19-33-47-69/h13-62H,1-12H3. The van der Waals surface area contributed by atoms with Crippen LogP contribution in [0.15, 0.2) is 303 Å². The zero-order valence-electron chi connectivity index (χ0n) is 61.9. The molecule has 502 valence electrons. The summed E-state index contributed by atoms with van der Waals surface area (Å²) in [4.78, 5) is 0. The van der Waals surface area contributed by atoms with Crippen LogP contribution in [0, 0.1) is 41.7 Å². The van der Waals surface area contributed by atoms with Crippen LogP contribution in [0.1, 0.15) is 105 Å². The lowest BCUT2D eigenvalue weighted by Crippen LogP contribution is -2.17. The van der Waals surface area contributed by atoms with Crippen LogP contribution in [0.4, 0.5) is 0 Å². The molecule has 2 aliphatic carbocycles. The number of rotatable bonds is 9. The first-order chi connectivity index (χ1) is 50.2. The van der Waals surface area contributed by atoms with Crippen molar-refractivity contribution in [3.63, 3.8) is 0 Å². The van der Waals surface area contributed by atoms with Crippen molar-refractivity contribution in [1.29, 1.82) is 0 Å². The van der Waals surface area contributed by atoms with Gasteiger partial charge >= 0.3 is 0 Å². The lowest BCUT2D eigenvalue weighted by molar-refractivity contribution is 0.568. The molecule has 18 rings (SSSR count). The third-order valence-electron chi connectivity index (χ3n) is 22.7. The monoisotopic (exact) mass is 1330 g/mol. The number of hydrogen-bond acceptors (Lipinski definition) is 0. The predicted octanol–water partition coefficient (Wildman–Crippen LogP) is 28.3. The van der Waals surface area contributed by atoms with E-state index in [0.717, 1.165) is 0 Å². The van der Waals surface area contributed by atoms with Gasteiger partial charge in [0.05, 0.1) is 0 Å². The van der Waals surface area contributed by atoms with E-state index >= 15 is 0 Å². The molecule has 0 bridgehead atoms. The summed E-state index contributed by atoms with van der Waals surface area (Å²) < 4.78 is 0. The number of benzene rings is 16. The van der Waals surface area contributed by atoms with Crippen LogP contribution in [0.25, 0.3) is 143 Å². The van der Waals surface area contributed by atoms with E-state index in [0.29, 0.717) is 0 Å². The number of fused-ring (bicyclic) bond motifs is 5. The van der Waals surface area contributed by atoms with Crippen LogP contribution in [0.2, 0.25) is 0 Å². The van der Waals surface area contributed by atoms with Gasteiger partial charge in [0, 0.05) is 0 Å². The summed E-state index contributed by atoms with van der Waals surface area (Å²) in [5, 5.41) is 20.3. The fourth-order valence-electron chi connectivity index (χ4n) is 17.4. The molecule has 0 heterocycles. The van der Waals surface area contributed by atoms with Crippen LogP contribution < -0.4 is 0 Å². The molecule has 0 aromatic heterocycles. The van der Waals surface area contributed by atoms with Gasteiger partial charge in [-0.2, -0.15) is 0 Å². The Kier molecular flexibility index (Phi) is 15.0. The molecular formula is C104H86. The van der Waals surface area contributed by atoms with E-state index in [-0.39, 0.29) is 21.7 Å². The lowest BCUT2D eigenvalue weighted by Gasteiger charge is -2.28. The maximum Gasteiger partial charge on any atom is -0.000116 e. The molecule has 0 unspecified atom stereocenters. The van der Waals surface area contributed by atoms with Gasteiger partial charge in [-0.25, -0.2) is 0 Å². The largest absolute Gasteiger partial charge is 0.0622 e. The Bertz CT molecular complexity index is 6400. The molecule has 16 aromatic carbocycles. The molecule has 0 aliphatic heterocycles. The summed E-state index contributed by atoms with van der Waals surface area (Å²) in [5.74, 6) is 0. The Labute approximate surface area is 611 Å². The molecule has 16 aromatic rings. The van der Waals surface area contributed by atoms with Gasteiger partial charge in [0.2, 0.25) is 0 Å². The van der Waals surface area contributed by atoms with Crippen LogP contribution in [0.5, 0.6) is 0 Å². The second-order valence-corrected chi connectivity index (χ2v) is 33.4. The van der Waals surface area contributed by atoms with E-state index in [4.69, 9.17) is 0 Å². The lowest BCUT2D eigenvalue weighted by atomic mass is 9.76. The summed E-state index contributed by atoms with van der Waals surface area (Å²) in [5.41, 5.74) is 26.7. The second kappa shape index (κ2) is 24.1. The van der Waals surface area contributed by atoms with E-state index in [1.807, 2.05) is 0 Å². The van der Waals surface area contributed by atoms with Gasteiger partial charge < -0.3 is 0 Å². The van der Waals surface area contributed by atoms with Gasteiger partial charge in [-0.1, -0.05) is 368 Å². The highest BCUT2D eigenvalue weighted by atomic mass is 14.4. The highest BCUT2D eigenvalue weighted by molar-refractivity contribution is 6.29. The Morgan fingerprint density at radius 3 is 0.731 bits per heavy atom. The van der Waals surface area contributed by atoms with Gasteiger partial charge in [-0.3, -0.25) is 0 Å². The quantitative estimate of drug-likeness (QED) is 0.126. The molecule has 0 N–H and O–H groups in total. The fourth-order valence-corrected chi connectivity index (χ4v) is 17.4. The summed E-state index contributed by atoms with van der Waals surface area (Å²) in [6.07, 6.45) is 0. The molecule has 104 heavy (non-hydrogen) atoms. The van der Waals surface area contributed by atoms with Crippen molar-refractivity contribution in [3.8, 4) is 100 Å². The minimum Gasteiger partial charge on any atom is -0.0622 e. The molecule has 0 amide bonds. The van der Waals surface area contributed by atoms with E-state index in [1.54, 1.807) is 0 Å². The van der Waals surface area contributed by atoms with Crippen LogP contribution in [-0.4, -0.2) is 0 Å². The van der Waals surface area contributed by atoms with Gasteiger partial charge in [0.1, 0.15) is 0 Å². The normalized spacial score (nSPS) is 12.6.